The van der Waals surface area contributed by atoms with Gasteiger partial charge in [-0.05, 0) is 35.4 Å². The second kappa shape index (κ2) is 7.05. The van der Waals surface area contributed by atoms with E-state index in [1.807, 2.05) is 55.5 Å². The van der Waals surface area contributed by atoms with Crippen LogP contribution in [0.4, 0.5) is 0 Å². The normalized spacial score (nSPS) is 23.8. The lowest BCUT2D eigenvalue weighted by molar-refractivity contribution is -0.126. The minimum atomic E-state index is -0.0482. The van der Waals surface area contributed by atoms with Gasteiger partial charge < -0.3 is 14.8 Å². The van der Waals surface area contributed by atoms with E-state index in [0.717, 1.165) is 22.6 Å². The van der Waals surface area contributed by atoms with Crippen LogP contribution in [0.1, 0.15) is 36.6 Å². The number of hydrogen-bond donors (Lipinski definition) is 1. The van der Waals surface area contributed by atoms with E-state index in [4.69, 9.17) is 9.47 Å². The highest BCUT2D eigenvalue weighted by molar-refractivity contribution is 5.83. The third-order valence-electron chi connectivity index (χ3n) is 4.79. The number of methoxy groups -OCH3 is 2. The highest BCUT2D eigenvalue weighted by Crippen LogP contribution is 2.35. The van der Waals surface area contributed by atoms with Crippen LogP contribution in [0.3, 0.4) is 0 Å². The number of carbonyl (C=O) groups is 1. The topological polar surface area (TPSA) is 47.6 Å². The lowest BCUT2D eigenvalue weighted by atomic mass is 9.82. The molecule has 24 heavy (non-hydrogen) atoms. The smallest absolute Gasteiger partial charge is 0.139 e. The van der Waals surface area contributed by atoms with Crippen LogP contribution in [0.5, 0.6) is 11.5 Å². The number of ether oxygens (including phenoxy) is 2. The summed E-state index contributed by atoms with van der Waals surface area (Å²) < 4.78 is 10.4. The molecule has 1 fully saturated rings. The molecule has 0 aromatic heterocycles. The molecule has 126 valence electrons. The van der Waals surface area contributed by atoms with Crippen LogP contribution in [0.15, 0.2) is 48.5 Å². The lowest BCUT2D eigenvalue weighted by Gasteiger charge is -2.35. The molecule has 2 aromatic carbocycles. The molecule has 3 atom stereocenters. The second-order valence-corrected chi connectivity index (χ2v) is 6.20. The van der Waals surface area contributed by atoms with Gasteiger partial charge in [-0.15, -0.1) is 0 Å². The Morgan fingerprint density at radius 1 is 0.875 bits per heavy atom. The Kier molecular flexibility index (Phi) is 4.86. The summed E-state index contributed by atoms with van der Waals surface area (Å²) in [6, 6.07) is 15.8. The second-order valence-electron chi connectivity index (χ2n) is 6.20. The average molecular weight is 325 g/mol. The molecule has 1 saturated heterocycles. The molecule has 1 aliphatic rings. The molecule has 3 rings (SSSR count). The summed E-state index contributed by atoms with van der Waals surface area (Å²) in [5.41, 5.74) is 2.21. The van der Waals surface area contributed by atoms with Crippen LogP contribution in [-0.2, 0) is 4.79 Å². The lowest BCUT2D eigenvalue weighted by Crippen LogP contribution is -2.41. The van der Waals surface area contributed by atoms with Crippen molar-refractivity contribution in [2.45, 2.75) is 25.4 Å². The Labute approximate surface area is 142 Å². The first kappa shape index (κ1) is 16.5. The molecule has 0 amide bonds. The van der Waals surface area contributed by atoms with Gasteiger partial charge in [0.25, 0.3) is 0 Å². The SMILES string of the molecule is COc1ccc(C2CC(=O)C(C)C(c3ccc(OC)cc3)N2)cc1. The molecule has 1 heterocycles. The first-order valence-electron chi connectivity index (χ1n) is 8.19. The van der Waals surface area contributed by atoms with Crippen molar-refractivity contribution in [3.8, 4) is 11.5 Å². The van der Waals surface area contributed by atoms with Crippen molar-refractivity contribution >= 4 is 5.78 Å². The third-order valence-corrected chi connectivity index (χ3v) is 4.79. The summed E-state index contributed by atoms with van der Waals surface area (Å²) in [4.78, 5) is 12.5. The molecule has 2 aromatic rings. The summed E-state index contributed by atoms with van der Waals surface area (Å²) in [6.45, 7) is 1.99. The largest absolute Gasteiger partial charge is 0.497 e. The zero-order valence-electron chi connectivity index (χ0n) is 14.3. The highest BCUT2D eigenvalue weighted by atomic mass is 16.5. The van der Waals surface area contributed by atoms with E-state index in [0.29, 0.717) is 6.42 Å². The van der Waals surface area contributed by atoms with Gasteiger partial charge in [-0.25, -0.2) is 0 Å². The Morgan fingerprint density at radius 3 is 1.88 bits per heavy atom. The first-order valence-corrected chi connectivity index (χ1v) is 8.19. The van der Waals surface area contributed by atoms with Crippen LogP contribution in [-0.4, -0.2) is 20.0 Å². The highest BCUT2D eigenvalue weighted by Gasteiger charge is 2.34. The van der Waals surface area contributed by atoms with Gasteiger partial charge in [0.05, 0.1) is 14.2 Å². The Bertz CT molecular complexity index is 694. The Morgan fingerprint density at radius 2 is 1.38 bits per heavy atom. The number of carbonyl (C=O) groups excluding carboxylic acids is 1. The summed E-state index contributed by atoms with van der Waals surface area (Å²) in [5.74, 6) is 1.88. The summed E-state index contributed by atoms with van der Waals surface area (Å²) >= 11 is 0. The number of piperidine rings is 1. The molecular formula is C20H23NO3. The van der Waals surface area contributed by atoms with E-state index in [1.165, 1.54) is 0 Å². The Hall–Kier alpha value is -2.33. The average Bonchev–Trinajstić information content (AvgIpc) is 2.64. The predicted octanol–water partition coefficient (Wildman–Crippen LogP) is 3.68. The van der Waals surface area contributed by atoms with Gasteiger partial charge in [0.2, 0.25) is 0 Å². The fourth-order valence-corrected chi connectivity index (χ4v) is 3.24. The zero-order valence-corrected chi connectivity index (χ0v) is 14.3. The van der Waals surface area contributed by atoms with Crippen LogP contribution >= 0.6 is 0 Å². The number of Topliss-reactive ketones (excluding diaryl/α,β-unsaturated/α-hetero) is 1. The molecule has 4 nitrogen and oxygen atoms in total. The molecule has 4 heteroatoms. The number of rotatable bonds is 4. The summed E-state index contributed by atoms with van der Waals surface area (Å²) in [7, 11) is 3.30. The van der Waals surface area contributed by atoms with Gasteiger partial charge >= 0.3 is 0 Å². The van der Waals surface area contributed by atoms with E-state index < -0.39 is 0 Å². The van der Waals surface area contributed by atoms with Crippen molar-refractivity contribution in [1.82, 2.24) is 5.32 Å². The molecular weight excluding hydrogens is 302 g/mol. The van der Waals surface area contributed by atoms with E-state index in [9.17, 15) is 4.79 Å². The van der Waals surface area contributed by atoms with E-state index in [-0.39, 0.29) is 23.8 Å². The number of nitrogens with one attached hydrogen (secondary N) is 1. The van der Waals surface area contributed by atoms with E-state index in [2.05, 4.69) is 5.32 Å². The van der Waals surface area contributed by atoms with Crippen molar-refractivity contribution in [2.75, 3.05) is 14.2 Å². The van der Waals surface area contributed by atoms with Crippen molar-refractivity contribution < 1.29 is 14.3 Å². The van der Waals surface area contributed by atoms with Gasteiger partial charge in [-0.2, -0.15) is 0 Å². The van der Waals surface area contributed by atoms with Gasteiger partial charge in [0, 0.05) is 24.4 Å². The fourth-order valence-electron chi connectivity index (χ4n) is 3.24. The molecule has 3 unspecified atom stereocenters. The van der Waals surface area contributed by atoms with Crippen LogP contribution in [0.2, 0.25) is 0 Å². The Balaban J connectivity index is 1.84. The van der Waals surface area contributed by atoms with Gasteiger partial charge in [0.15, 0.2) is 0 Å². The molecule has 1 N–H and O–H groups in total. The zero-order chi connectivity index (χ0) is 17.1. The number of ketones is 1. The summed E-state index contributed by atoms with van der Waals surface area (Å²) in [5, 5.41) is 3.64. The van der Waals surface area contributed by atoms with Crippen molar-refractivity contribution in [3.63, 3.8) is 0 Å². The maximum absolute atomic E-state index is 12.5. The van der Waals surface area contributed by atoms with Gasteiger partial charge in [-0.1, -0.05) is 31.2 Å². The van der Waals surface area contributed by atoms with Gasteiger partial charge in [0.1, 0.15) is 17.3 Å². The standard InChI is InChI=1S/C20H23NO3/c1-13-19(22)12-18(14-4-8-16(23-2)9-5-14)21-20(13)15-6-10-17(24-3)11-7-15/h4-11,13,18,20-21H,12H2,1-3H3. The third kappa shape index (κ3) is 3.29. The maximum atomic E-state index is 12.5. The van der Waals surface area contributed by atoms with Gasteiger partial charge in [-0.3, -0.25) is 4.79 Å². The van der Waals surface area contributed by atoms with Crippen molar-refractivity contribution in [1.29, 1.82) is 0 Å². The number of benzene rings is 2. The minimum Gasteiger partial charge on any atom is -0.497 e. The maximum Gasteiger partial charge on any atom is 0.139 e. The molecule has 0 spiro atoms. The molecule has 0 aliphatic carbocycles. The predicted molar refractivity (Wildman–Crippen MR) is 93.4 cm³/mol. The quantitative estimate of drug-likeness (QED) is 0.931. The first-order chi connectivity index (χ1) is 11.6. The molecule has 0 saturated carbocycles. The molecule has 1 aliphatic heterocycles. The van der Waals surface area contributed by atoms with Crippen molar-refractivity contribution in [3.05, 3.63) is 59.7 Å². The van der Waals surface area contributed by atoms with E-state index in [1.54, 1.807) is 14.2 Å². The van der Waals surface area contributed by atoms with Crippen molar-refractivity contribution in [2.24, 2.45) is 5.92 Å². The fraction of sp³-hybridized carbons (Fsp3) is 0.350. The van der Waals surface area contributed by atoms with Crippen LogP contribution in [0, 0.1) is 5.92 Å². The molecule has 0 radical (unpaired) electrons. The number of hydrogen-bond acceptors (Lipinski definition) is 4. The monoisotopic (exact) mass is 325 g/mol. The summed E-state index contributed by atoms with van der Waals surface area (Å²) in [6.07, 6.45) is 0.514. The van der Waals surface area contributed by atoms with Crippen LogP contribution in [0.25, 0.3) is 0 Å². The molecule has 0 bridgehead atoms. The minimum absolute atomic E-state index is 0.00394. The van der Waals surface area contributed by atoms with Crippen LogP contribution < -0.4 is 14.8 Å². The van der Waals surface area contributed by atoms with E-state index >= 15 is 0 Å².